The molecule has 0 bridgehead atoms. The van der Waals surface area contributed by atoms with Crippen LogP contribution < -0.4 is 5.73 Å². The van der Waals surface area contributed by atoms with Crippen LogP contribution in [0.25, 0.3) is 5.65 Å². The highest BCUT2D eigenvalue weighted by atomic mass is 32.2. The molecule has 1 aromatic carbocycles. The van der Waals surface area contributed by atoms with Crippen molar-refractivity contribution in [3.05, 3.63) is 48.8 Å². The fourth-order valence-corrected chi connectivity index (χ4v) is 2.41. The number of rotatable bonds is 2. The Kier molecular flexibility index (Phi) is 2.45. The summed E-state index contributed by atoms with van der Waals surface area (Å²) in [6.45, 7) is 0. The van der Waals surface area contributed by atoms with E-state index >= 15 is 0 Å². The van der Waals surface area contributed by atoms with E-state index in [1.807, 2.05) is 30.5 Å². The first-order chi connectivity index (χ1) is 8.33. The van der Waals surface area contributed by atoms with Crippen LogP contribution in [0.1, 0.15) is 0 Å². The van der Waals surface area contributed by atoms with Crippen molar-refractivity contribution in [1.82, 2.24) is 14.4 Å². The second-order valence-electron chi connectivity index (χ2n) is 3.53. The molecule has 0 saturated heterocycles. The molecule has 0 aliphatic heterocycles. The van der Waals surface area contributed by atoms with Gasteiger partial charge in [-0.05, 0) is 18.2 Å². The molecule has 0 aliphatic rings. The minimum absolute atomic E-state index is 0.454. The van der Waals surface area contributed by atoms with E-state index in [0.29, 0.717) is 5.95 Å². The molecular formula is C12H10N4S. The van der Waals surface area contributed by atoms with Gasteiger partial charge in [-0.2, -0.15) is 0 Å². The number of imidazole rings is 1. The van der Waals surface area contributed by atoms with Crippen molar-refractivity contribution in [2.24, 2.45) is 0 Å². The first kappa shape index (κ1) is 10.2. The molecule has 4 nitrogen and oxygen atoms in total. The van der Waals surface area contributed by atoms with Gasteiger partial charge in [-0.15, -0.1) is 0 Å². The molecule has 0 atom stereocenters. The van der Waals surface area contributed by atoms with Crippen LogP contribution in [0.2, 0.25) is 0 Å². The Labute approximate surface area is 103 Å². The van der Waals surface area contributed by atoms with Crippen LogP contribution in [0, 0.1) is 0 Å². The summed E-state index contributed by atoms with van der Waals surface area (Å²) >= 11 is 1.61. The first-order valence-corrected chi connectivity index (χ1v) is 5.97. The number of nitrogen functional groups attached to an aromatic ring is 1. The zero-order valence-electron chi connectivity index (χ0n) is 8.95. The molecule has 3 rings (SSSR count). The predicted octanol–water partition coefficient (Wildman–Crippen LogP) is 2.46. The summed E-state index contributed by atoms with van der Waals surface area (Å²) in [7, 11) is 0. The first-order valence-electron chi connectivity index (χ1n) is 5.15. The van der Waals surface area contributed by atoms with Crippen LogP contribution in [0.3, 0.4) is 0 Å². The minimum Gasteiger partial charge on any atom is -0.369 e. The molecule has 5 heteroatoms. The van der Waals surface area contributed by atoms with E-state index in [4.69, 9.17) is 5.73 Å². The van der Waals surface area contributed by atoms with Crippen LogP contribution >= 0.6 is 11.8 Å². The average Bonchev–Trinajstić information content (AvgIpc) is 2.74. The van der Waals surface area contributed by atoms with Crippen LogP contribution in [-0.4, -0.2) is 14.4 Å². The second kappa shape index (κ2) is 4.10. The van der Waals surface area contributed by atoms with Gasteiger partial charge in [-0.25, -0.2) is 9.97 Å². The molecular weight excluding hydrogens is 232 g/mol. The van der Waals surface area contributed by atoms with Crippen molar-refractivity contribution in [2.75, 3.05) is 5.73 Å². The lowest BCUT2D eigenvalue weighted by molar-refractivity contribution is 1.10. The SMILES string of the molecule is Nc1nccc2nc(Sc3ccccc3)cn12. The lowest BCUT2D eigenvalue weighted by Gasteiger charge is -1.95. The van der Waals surface area contributed by atoms with Gasteiger partial charge in [-0.3, -0.25) is 4.40 Å². The highest BCUT2D eigenvalue weighted by Gasteiger charge is 2.05. The maximum absolute atomic E-state index is 5.77. The highest BCUT2D eigenvalue weighted by Crippen LogP contribution is 2.26. The summed E-state index contributed by atoms with van der Waals surface area (Å²) in [5.41, 5.74) is 6.58. The number of hydrogen-bond donors (Lipinski definition) is 1. The van der Waals surface area contributed by atoms with Crippen molar-refractivity contribution in [3.63, 3.8) is 0 Å². The number of nitrogens with zero attached hydrogens (tertiary/aromatic N) is 3. The van der Waals surface area contributed by atoms with Crippen LogP contribution in [0.15, 0.2) is 58.7 Å². The van der Waals surface area contributed by atoms with Gasteiger partial charge in [0.1, 0.15) is 10.7 Å². The number of aromatic nitrogens is 3. The summed E-state index contributed by atoms with van der Waals surface area (Å²) in [4.78, 5) is 9.65. The van der Waals surface area contributed by atoms with Crippen molar-refractivity contribution in [2.45, 2.75) is 9.92 Å². The lowest BCUT2D eigenvalue weighted by atomic mass is 10.4. The normalized spacial score (nSPS) is 10.8. The lowest BCUT2D eigenvalue weighted by Crippen LogP contribution is -1.97. The molecule has 0 spiro atoms. The van der Waals surface area contributed by atoms with Crippen molar-refractivity contribution < 1.29 is 0 Å². The molecule has 0 fully saturated rings. The van der Waals surface area contributed by atoms with E-state index < -0.39 is 0 Å². The second-order valence-corrected chi connectivity index (χ2v) is 4.62. The quantitative estimate of drug-likeness (QED) is 0.750. The third-order valence-corrected chi connectivity index (χ3v) is 3.27. The molecule has 0 amide bonds. The van der Waals surface area contributed by atoms with Gasteiger partial charge in [0.25, 0.3) is 0 Å². The van der Waals surface area contributed by atoms with E-state index in [0.717, 1.165) is 15.6 Å². The maximum atomic E-state index is 5.77. The monoisotopic (exact) mass is 242 g/mol. The van der Waals surface area contributed by atoms with Crippen molar-refractivity contribution in [3.8, 4) is 0 Å². The van der Waals surface area contributed by atoms with Gasteiger partial charge >= 0.3 is 0 Å². The average molecular weight is 242 g/mol. The molecule has 3 aromatic rings. The Morgan fingerprint density at radius 1 is 1.12 bits per heavy atom. The maximum Gasteiger partial charge on any atom is 0.205 e. The topological polar surface area (TPSA) is 56.2 Å². The Hall–Kier alpha value is -2.01. The highest BCUT2D eigenvalue weighted by molar-refractivity contribution is 7.99. The fraction of sp³-hybridized carbons (Fsp3) is 0. The summed E-state index contributed by atoms with van der Waals surface area (Å²) in [5, 5.41) is 0.913. The molecule has 2 N–H and O–H groups in total. The molecule has 84 valence electrons. The Morgan fingerprint density at radius 2 is 1.94 bits per heavy atom. The van der Waals surface area contributed by atoms with Crippen LogP contribution in [0.5, 0.6) is 0 Å². The van der Waals surface area contributed by atoms with E-state index in [1.54, 1.807) is 22.4 Å². The van der Waals surface area contributed by atoms with Crippen molar-refractivity contribution in [1.29, 1.82) is 0 Å². The molecule has 0 saturated carbocycles. The number of nitrogens with two attached hydrogens (primary N) is 1. The van der Waals surface area contributed by atoms with Gasteiger partial charge in [0, 0.05) is 17.3 Å². The molecule has 17 heavy (non-hydrogen) atoms. The van der Waals surface area contributed by atoms with Crippen molar-refractivity contribution >= 4 is 23.4 Å². The van der Waals surface area contributed by atoms with Gasteiger partial charge in [-0.1, -0.05) is 30.0 Å². The fourth-order valence-electron chi connectivity index (χ4n) is 1.57. The summed E-state index contributed by atoms with van der Waals surface area (Å²) in [6, 6.07) is 12.0. The van der Waals surface area contributed by atoms with Gasteiger partial charge in [0.05, 0.1) is 0 Å². The number of anilines is 1. The number of hydrogen-bond acceptors (Lipinski definition) is 4. The summed E-state index contributed by atoms with van der Waals surface area (Å²) in [5.74, 6) is 0.454. The predicted molar refractivity (Wildman–Crippen MR) is 68.0 cm³/mol. The number of benzene rings is 1. The largest absolute Gasteiger partial charge is 0.369 e. The van der Waals surface area contributed by atoms with E-state index in [1.165, 1.54) is 0 Å². The van der Waals surface area contributed by atoms with Crippen LogP contribution in [0.4, 0.5) is 5.95 Å². The molecule has 0 aliphatic carbocycles. The zero-order valence-corrected chi connectivity index (χ0v) is 9.76. The van der Waals surface area contributed by atoms with E-state index in [-0.39, 0.29) is 0 Å². The van der Waals surface area contributed by atoms with Gasteiger partial charge in [0.15, 0.2) is 0 Å². The van der Waals surface area contributed by atoms with Gasteiger partial charge < -0.3 is 5.73 Å². The van der Waals surface area contributed by atoms with E-state index in [9.17, 15) is 0 Å². The molecule has 2 aromatic heterocycles. The van der Waals surface area contributed by atoms with Crippen LogP contribution in [-0.2, 0) is 0 Å². The molecule has 0 unspecified atom stereocenters. The molecule has 0 radical (unpaired) electrons. The standard InChI is InChI=1S/C12H10N4S/c13-12-14-7-6-10-15-11(8-16(10)12)17-9-4-2-1-3-5-9/h1-8H,(H2,13,14). The summed E-state index contributed by atoms with van der Waals surface area (Å²) in [6.07, 6.45) is 3.56. The smallest absolute Gasteiger partial charge is 0.205 e. The van der Waals surface area contributed by atoms with E-state index in [2.05, 4.69) is 22.1 Å². The Morgan fingerprint density at radius 3 is 2.71 bits per heavy atom. The third kappa shape index (κ3) is 1.97. The third-order valence-electron chi connectivity index (χ3n) is 2.35. The zero-order chi connectivity index (χ0) is 11.7. The molecule has 2 heterocycles. The van der Waals surface area contributed by atoms with Gasteiger partial charge in [0.2, 0.25) is 5.95 Å². The summed E-state index contributed by atoms with van der Waals surface area (Å²) < 4.78 is 1.78. The Bertz CT molecular complexity index is 648. The Balaban J connectivity index is 1.99. The minimum atomic E-state index is 0.454. The number of fused-ring (bicyclic) bond motifs is 1.